The molecule has 0 bridgehead atoms. The number of nitrogens with one attached hydrogen (secondary N) is 2. The van der Waals surface area contributed by atoms with E-state index in [4.69, 9.17) is 4.74 Å². The molecule has 0 aromatic rings. The minimum absolute atomic E-state index is 0.269. The average molecular weight is 385 g/mol. The highest BCUT2D eigenvalue weighted by atomic mass is 19.4. The van der Waals surface area contributed by atoms with Crippen molar-refractivity contribution in [2.45, 2.75) is 70.4 Å². The molecule has 3 amide bonds. The van der Waals surface area contributed by atoms with Crippen LogP contribution in [0.3, 0.4) is 0 Å². The molecule has 7 nitrogen and oxygen atoms in total. The zero-order valence-corrected chi connectivity index (χ0v) is 14.8. The van der Waals surface area contributed by atoms with Gasteiger partial charge in [-0.15, -0.1) is 0 Å². The fourth-order valence-corrected chi connectivity index (χ4v) is 2.28. The first kappa shape index (κ1) is 22.0. The molecular formula is C15H23F4N3O4. The van der Waals surface area contributed by atoms with E-state index in [9.17, 15) is 31.9 Å². The Balaban J connectivity index is 2.51. The highest BCUT2D eigenvalue weighted by molar-refractivity contribution is 5.88. The summed E-state index contributed by atoms with van der Waals surface area (Å²) in [5.41, 5.74) is 3.13. The summed E-state index contributed by atoms with van der Waals surface area (Å²) in [4.78, 5) is 36.5. The Morgan fingerprint density at radius 1 is 1.15 bits per heavy atom. The van der Waals surface area contributed by atoms with Crippen LogP contribution in [0.15, 0.2) is 0 Å². The lowest BCUT2D eigenvalue weighted by Crippen LogP contribution is -2.52. The first-order valence-corrected chi connectivity index (χ1v) is 8.07. The van der Waals surface area contributed by atoms with Crippen LogP contribution in [0.25, 0.3) is 0 Å². The second-order valence-electron chi connectivity index (χ2n) is 6.99. The van der Waals surface area contributed by atoms with E-state index in [-0.39, 0.29) is 13.0 Å². The molecule has 1 rings (SSSR count). The van der Waals surface area contributed by atoms with Crippen LogP contribution in [-0.4, -0.2) is 53.3 Å². The van der Waals surface area contributed by atoms with Gasteiger partial charge in [0.1, 0.15) is 17.8 Å². The number of carbonyl (C=O) groups is 3. The van der Waals surface area contributed by atoms with Gasteiger partial charge >= 0.3 is 12.3 Å². The number of rotatable bonds is 4. The third kappa shape index (κ3) is 7.87. The quantitative estimate of drug-likeness (QED) is 0.574. The van der Waals surface area contributed by atoms with Crippen molar-refractivity contribution in [1.29, 1.82) is 0 Å². The van der Waals surface area contributed by atoms with Gasteiger partial charge in [-0.3, -0.25) is 25.3 Å². The highest BCUT2D eigenvalue weighted by Crippen LogP contribution is 2.23. The van der Waals surface area contributed by atoms with Gasteiger partial charge in [-0.1, -0.05) is 0 Å². The predicted octanol–water partition coefficient (Wildman–Crippen LogP) is 2.21. The van der Waals surface area contributed by atoms with Crippen molar-refractivity contribution >= 4 is 17.9 Å². The molecule has 0 radical (unpaired) electrons. The molecular weight excluding hydrogens is 362 g/mol. The molecule has 0 unspecified atom stereocenters. The number of alkyl halides is 4. The minimum atomic E-state index is -4.36. The zero-order chi connectivity index (χ0) is 20.1. The molecule has 1 heterocycles. The van der Waals surface area contributed by atoms with Crippen LogP contribution in [-0.2, 0) is 14.3 Å². The molecule has 0 aromatic carbocycles. The number of nitrogens with zero attached hydrogens (tertiary/aromatic N) is 1. The fraction of sp³-hybridized carbons (Fsp3) is 0.800. The second-order valence-corrected chi connectivity index (χ2v) is 6.99. The molecule has 2 atom stereocenters. The largest absolute Gasteiger partial charge is 0.444 e. The number of ether oxygens (including phenoxy) is 1. The third-order valence-electron chi connectivity index (χ3n) is 3.37. The molecule has 1 aliphatic heterocycles. The lowest BCUT2D eigenvalue weighted by atomic mass is 10.2. The monoisotopic (exact) mass is 385 g/mol. The summed E-state index contributed by atoms with van der Waals surface area (Å²) in [6.07, 6.45) is -8.91. The van der Waals surface area contributed by atoms with Gasteiger partial charge in [0.2, 0.25) is 5.91 Å². The molecule has 1 aliphatic rings. The van der Waals surface area contributed by atoms with Crippen LogP contribution in [0.2, 0.25) is 0 Å². The van der Waals surface area contributed by atoms with Gasteiger partial charge in [-0.2, -0.15) is 13.2 Å². The summed E-state index contributed by atoms with van der Waals surface area (Å²) >= 11 is 0. The summed E-state index contributed by atoms with van der Waals surface area (Å²) in [6.45, 7) is 4.52. The molecule has 0 saturated carbocycles. The maximum absolute atomic E-state index is 13.6. The summed E-state index contributed by atoms with van der Waals surface area (Å²) in [6, 6.07) is -1.18. The van der Waals surface area contributed by atoms with Gasteiger partial charge in [0.05, 0.1) is 6.54 Å². The Morgan fingerprint density at radius 3 is 2.31 bits per heavy atom. The highest BCUT2D eigenvalue weighted by Gasteiger charge is 2.41. The first-order chi connectivity index (χ1) is 11.8. The SMILES string of the molecule is CC(C)(C)OC(=O)N1C[C@H](F)C[C@H]1C(=O)NNC(=O)CCCC(F)(F)F. The number of carbonyl (C=O) groups excluding carboxylic acids is 3. The van der Waals surface area contributed by atoms with Crippen molar-refractivity contribution in [2.75, 3.05) is 6.54 Å². The van der Waals surface area contributed by atoms with Crippen LogP contribution in [0.5, 0.6) is 0 Å². The predicted molar refractivity (Wildman–Crippen MR) is 82.4 cm³/mol. The van der Waals surface area contributed by atoms with Gasteiger partial charge in [-0.25, -0.2) is 9.18 Å². The second kappa shape index (κ2) is 8.54. The van der Waals surface area contributed by atoms with Crippen molar-refractivity contribution in [3.63, 3.8) is 0 Å². The van der Waals surface area contributed by atoms with Gasteiger partial charge in [0, 0.05) is 19.3 Å². The van der Waals surface area contributed by atoms with Gasteiger partial charge in [0.15, 0.2) is 0 Å². The zero-order valence-electron chi connectivity index (χ0n) is 14.8. The standard InChI is InChI=1S/C15H23F4N3O4/c1-14(2,3)26-13(25)22-8-9(16)7-10(22)12(24)21-20-11(23)5-4-6-15(17,18)19/h9-10H,4-8H2,1-3H3,(H,20,23)(H,21,24)/t9-,10+/m1/s1. The summed E-state index contributed by atoms with van der Waals surface area (Å²) in [5, 5.41) is 0. The number of likely N-dealkylation sites (tertiary alicyclic amines) is 1. The topological polar surface area (TPSA) is 87.7 Å². The van der Waals surface area contributed by atoms with Crippen LogP contribution in [0.4, 0.5) is 22.4 Å². The van der Waals surface area contributed by atoms with Crippen molar-refractivity contribution in [3.8, 4) is 0 Å². The summed E-state index contributed by atoms with van der Waals surface area (Å²) < 4.78 is 54.8. The van der Waals surface area contributed by atoms with E-state index >= 15 is 0 Å². The van der Waals surface area contributed by atoms with E-state index in [0.29, 0.717) is 0 Å². The van der Waals surface area contributed by atoms with E-state index < -0.39 is 61.2 Å². The molecule has 0 aliphatic carbocycles. The van der Waals surface area contributed by atoms with Crippen LogP contribution in [0.1, 0.15) is 46.5 Å². The Labute approximate surface area is 148 Å². The van der Waals surface area contributed by atoms with E-state index in [1.54, 1.807) is 20.8 Å². The number of hydrogen-bond donors (Lipinski definition) is 2. The lowest BCUT2D eigenvalue weighted by molar-refractivity contribution is -0.138. The number of hydrazine groups is 1. The summed E-state index contributed by atoms with van der Waals surface area (Å²) in [7, 11) is 0. The average Bonchev–Trinajstić information content (AvgIpc) is 2.84. The molecule has 1 saturated heterocycles. The van der Waals surface area contributed by atoms with E-state index in [0.717, 1.165) is 4.90 Å². The van der Waals surface area contributed by atoms with Crippen molar-refractivity contribution in [3.05, 3.63) is 0 Å². The minimum Gasteiger partial charge on any atom is -0.444 e. The maximum Gasteiger partial charge on any atom is 0.411 e. The van der Waals surface area contributed by atoms with Crippen LogP contribution < -0.4 is 10.9 Å². The molecule has 11 heteroatoms. The van der Waals surface area contributed by atoms with Crippen molar-refractivity contribution in [2.24, 2.45) is 0 Å². The normalized spacial score (nSPS) is 20.7. The van der Waals surface area contributed by atoms with Crippen LogP contribution in [0, 0.1) is 0 Å². The smallest absolute Gasteiger partial charge is 0.411 e. The maximum atomic E-state index is 13.6. The Hall–Kier alpha value is -2.07. The van der Waals surface area contributed by atoms with E-state index in [2.05, 4.69) is 0 Å². The van der Waals surface area contributed by atoms with Crippen LogP contribution >= 0.6 is 0 Å². The van der Waals surface area contributed by atoms with E-state index in [1.807, 2.05) is 10.9 Å². The number of hydrogen-bond acceptors (Lipinski definition) is 4. The molecule has 26 heavy (non-hydrogen) atoms. The van der Waals surface area contributed by atoms with Crippen molar-refractivity contribution in [1.82, 2.24) is 15.8 Å². The molecule has 2 N–H and O–H groups in total. The lowest BCUT2D eigenvalue weighted by Gasteiger charge is -2.27. The number of amides is 3. The Bertz CT molecular complexity index is 534. The molecule has 0 aromatic heterocycles. The van der Waals surface area contributed by atoms with Gasteiger partial charge in [-0.05, 0) is 27.2 Å². The molecule has 0 spiro atoms. The van der Waals surface area contributed by atoms with Gasteiger partial charge < -0.3 is 4.74 Å². The van der Waals surface area contributed by atoms with Crippen molar-refractivity contribution < 1.29 is 36.7 Å². The van der Waals surface area contributed by atoms with E-state index in [1.165, 1.54) is 0 Å². The summed E-state index contributed by atoms with van der Waals surface area (Å²) in [5.74, 6) is -1.67. The Morgan fingerprint density at radius 2 is 1.77 bits per heavy atom. The first-order valence-electron chi connectivity index (χ1n) is 8.07. The fourth-order valence-electron chi connectivity index (χ4n) is 2.28. The third-order valence-corrected chi connectivity index (χ3v) is 3.37. The van der Waals surface area contributed by atoms with Gasteiger partial charge in [0.25, 0.3) is 5.91 Å². The molecule has 150 valence electrons. The number of halogens is 4. The Kier molecular flexibility index (Phi) is 7.22. The molecule has 1 fully saturated rings.